The number of carbonyl (C=O) groups is 3. The van der Waals surface area contributed by atoms with Gasteiger partial charge >= 0.3 is 6.03 Å². The third kappa shape index (κ3) is 4.45. The molecule has 2 rings (SSSR count). The molecule has 124 valence electrons. The van der Waals surface area contributed by atoms with E-state index in [4.69, 9.17) is 5.73 Å². The summed E-state index contributed by atoms with van der Waals surface area (Å²) in [4.78, 5) is 36.2. The number of hydrogen-bond donors (Lipinski definition) is 3. The Morgan fingerprint density at radius 1 is 1.26 bits per heavy atom. The summed E-state index contributed by atoms with van der Waals surface area (Å²) in [6.07, 6.45) is 1.50. The van der Waals surface area contributed by atoms with Crippen molar-refractivity contribution in [2.45, 2.75) is 26.7 Å². The molecule has 1 aromatic carbocycles. The number of rotatable bonds is 3. The van der Waals surface area contributed by atoms with Crippen molar-refractivity contribution in [2.24, 2.45) is 11.7 Å². The average molecular weight is 318 g/mol. The van der Waals surface area contributed by atoms with Gasteiger partial charge < -0.3 is 21.3 Å². The number of amides is 4. The SMILES string of the molecule is CC(=O)Nc1ccc(NC(=O)C2CCCN(C(N)=O)C2)cc1C. The van der Waals surface area contributed by atoms with E-state index in [9.17, 15) is 14.4 Å². The van der Waals surface area contributed by atoms with Gasteiger partial charge in [-0.3, -0.25) is 9.59 Å². The van der Waals surface area contributed by atoms with Crippen LogP contribution >= 0.6 is 0 Å². The Kier molecular flexibility index (Phi) is 5.20. The molecule has 1 aliphatic rings. The molecule has 0 aromatic heterocycles. The van der Waals surface area contributed by atoms with Crippen molar-refractivity contribution in [1.29, 1.82) is 0 Å². The molecule has 7 nitrogen and oxygen atoms in total. The standard InChI is InChI=1S/C16H22N4O3/c1-10-8-13(5-6-14(10)18-11(2)21)19-15(22)12-4-3-7-20(9-12)16(17)23/h5-6,8,12H,3-4,7,9H2,1-2H3,(H2,17,23)(H,18,21)(H,19,22). The number of urea groups is 1. The number of hydrogen-bond acceptors (Lipinski definition) is 3. The maximum absolute atomic E-state index is 12.4. The molecule has 0 spiro atoms. The van der Waals surface area contributed by atoms with Crippen LogP contribution in [-0.4, -0.2) is 35.8 Å². The van der Waals surface area contributed by atoms with E-state index in [1.165, 1.54) is 11.8 Å². The minimum atomic E-state index is -0.488. The normalized spacial score (nSPS) is 17.5. The summed E-state index contributed by atoms with van der Waals surface area (Å²) in [6.45, 7) is 4.26. The second-order valence-corrected chi connectivity index (χ2v) is 5.82. The van der Waals surface area contributed by atoms with Crippen LogP contribution in [0.3, 0.4) is 0 Å². The number of nitrogens with zero attached hydrogens (tertiary/aromatic N) is 1. The summed E-state index contributed by atoms with van der Waals surface area (Å²) < 4.78 is 0. The van der Waals surface area contributed by atoms with Gasteiger partial charge in [0.25, 0.3) is 0 Å². The molecule has 1 atom stereocenters. The third-order valence-electron chi connectivity index (χ3n) is 3.91. The molecule has 1 aliphatic heterocycles. The number of primary amides is 1. The van der Waals surface area contributed by atoms with E-state index in [-0.39, 0.29) is 17.7 Å². The van der Waals surface area contributed by atoms with E-state index in [1.807, 2.05) is 6.92 Å². The predicted octanol–water partition coefficient (Wildman–Crippen LogP) is 1.68. The Morgan fingerprint density at radius 3 is 2.61 bits per heavy atom. The van der Waals surface area contributed by atoms with Gasteiger partial charge in [-0.15, -0.1) is 0 Å². The first-order chi connectivity index (χ1) is 10.9. The van der Waals surface area contributed by atoms with Crippen molar-refractivity contribution in [3.63, 3.8) is 0 Å². The maximum atomic E-state index is 12.4. The lowest BCUT2D eigenvalue weighted by atomic mass is 9.97. The molecular weight excluding hydrogens is 296 g/mol. The fraction of sp³-hybridized carbons (Fsp3) is 0.438. The molecule has 4 N–H and O–H groups in total. The largest absolute Gasteiger partial charge is 0.351 e. The van der Waals surface area contributed by atoms with Crippen LogP contribution in [0.2, 0.25) is 0 Å². The first-order valence-electron chi connectivity index (χ1n) is 7.60. The Bertz CT molecular complexity index is 630. The molecule has 1 heterocycles. The molecule has 4 amide bonds. The van der Waals surface area contributed by atoms with Gasteiger partial charge in [0.2, 0.25) is 11.8 Å². The Morgan fingerprint density at radius 2 is 2.00 bits per heavy atom. The van der Waals surface area contributed by atoms with Gasteiger partial charge in [-0.2, -0.15) is 0 Å². The molecule has 1 unspecified atom stereocenters. The van der Waals surface area contributed by atoms with E-state index in [2.05, 4.69) is 10.6 Å². The van der Waals surface area contributed by atoms with E-state index in [0.29, 0.717) is 24.5 Å². The highest BCUT2D eigenvalue weighted by Crippen LogP contribution is 2.22. The zero-order chi connectivity index (χ0) is 17.0. The number of nitrogens with two attached hydrogens (primary N) is 1. The monoisotopic (exact) mass is 318 g/mol. The molecule has 23 heavy (non-hydrogen) atoms. The zero-order valence-electron chi connectivity index (χ0n) is 13.4. The van der Waals surface area contributed by atoms with Gasteiger partial charge in [0.15, 0.2) is 0 Å². The molecule has 0 radical (unpaired) electrons. The summed E-state index contributed by atoms with van der Waals surface area (Å²) in [5.41, 5.74) is 7.52. The topological polar surface area (TPSA) is 105 Å². The quantitative estimate of drug-likeness (QED) is 0.789. The van der Waals surface area contributed by atoms with Crippen LogP contribution in [0.25, 0.3) is 0 Å². The number of aryl methyl sites for hydroxylation is 1. The Labute approximate surface area is 135 Å². The van der Waals surface area contributed by atoms with Crippen LogP contribution in [0.15, 0.2) is 18.2 Å². The molecule has 0 aliphatic carbocycles. The van der Waals surface area contributed by atoms with Crippen LogP contribution in [0.1, 0.15) is 25.3 Å². The van der Waals surface area contributed by atoms with Gasteiger partial charge in [-0.25, -0.2) is 4.79 Å². The fourth-order valence-electron chi connectivity index (χ4n) is 2.71. The van der Waals surface area contributed by atoms with Crippen LogP contribution in [0.5, 0.6) is 0 Å². The highest BCUT2D eigenvalue weighted by molar-refractivity contribution is 5.94. The van der Waals surface area contributed by atoms with Crippen molar-refractivity contribution in [3.05, 3.63) is 23.8 Å². The summed E-state index contributed by atoms with van der Waals surface area (Å²) in [5.74, 6) is -0.521. The molecule has 7 heteroatoms. The molecule has 0 saturated carbocycles. The van der Waals surface area contributed by atoms with Gasteiger partial charge in [-0.05, 0) is 43.5 Å². The molecule has 1 fully saturated rings. The smallest absolute Gasteiger partial charge is 0.314 e. The van der Waals surface area contributed by atoms with Crippen molar-refractivity contribution in [2.75, 3.05) is 23.7 Å². The van der Waals surface area contributed by atoms with Crippen molar-refractivity contribution < 1.29 is 14.4 Å². The number of benzene rings is 1. The molecular formula is C16H22N4O3. The number of piperidine rings is 1. The van der Waals surface area contributed by atoms with Crippen LogP contribution in [0, 0.1) is 12.8 Å². The summed E-state index contributed by atoms with van der Waals surface area (Å²) >= 11 is 0. The highest BCUT2D eigenvalue weighted by atomic mass is 16.2. The van der Waals surface area contributed by atoms with Crippen molar-refractivity contribution in [1.82, 2.24) is 4.90 Å². The minimum Gasteiger partial charge on any atom is -0.351 e. The maximum Gasteiger partial charge on any atom is 0.314 e. The first-order valence-corrected chi connectivity index (χ1v) is 7.60. The number of likely N-dealkylation sites (tertiary alicyclic amines) is 1. The number of carbonyl (C=O) groups excluding carboxylic acids is 3. The minimum absolute atomic E-state index is 0.123. The van der Waals surface area contributed by atoms with E-state index >= 15 is 0 Å². The second kappa shape index (κ2) is 7.13. The Hall–Kier alpha value is -2.57. The van der Waals surface area contributed by atoms with Gasteiger partial charge in [0.05, 0.1) is 5.92 Å². The van der Waals surface area contributed by atoms with Crippen molar-refractivity contribution >= 4 is 29.2 Å². The fourth-order valence-corrected chi connectivity index (χ4v) is 2.71. The summed E-state index contributed by atoms with van der Waals surface area (Å²) in [6, 6.07) is 4.81. The number of nitrogens with one attached hydrogen (secondary N) is 2. The van der Waals surface area contributed by atoms with Crippen molar-refractivity contribution in [3.8, 4) is 0 Å². The van der Waals surface area contributed by atoms with Gasteiger partial charge in [0.1, 0.15) is 0 Å². The lowest BCUT2D eigenvalue weighted by Crippen LogP contribution is -2.46. The molecule has 1 saturated heterocycles. The van der Waals surface area contributed by atoms with Crippen LogP contribution in [-0.2, 0) is 9.59 Å². The second-order valence-electron chi connectivity index (χ2n) is 5.82. The highest BCUT2D eigenvalue weighted by Gasteiger charge is 2.27. The molecule has 0 bridgehead atoms. The summed E-state index contributed by atoms with van der Waals surface area (Å²) in [5, 5.41) is 5.59. The Balaban J connectivity index is 2.01. The predicted molar refractivity (Wildman–Crippen MR) is 88.0 cm³/mol. The van der Waals surface area contributed by atoms with E-state index in [1.54, 1.807) is 18.2 Å². The first kappa shape index (κ1) is 16.8. The lowest BCUT2D eigenvalue weighted by Gasteiger charge is -2.30. The van der Waals surface area contributed by atoms with E-state index < -0.39 is 6.03 Å². The van der Waals surface area contributed by atoms with Gasteiger partial charge in [-0.1, -0.05) is 0 Å². The lowest BCUT2D eigenvalue weighted by molar-refractivity contribution is -0.121. The van der Waals surface area contributed by atoms with Crippen LogP contribution < -0.4 is 16.4 Å². The zero-order valence-corrected chi connectivity index (χ0v) is 13.4. The average Bonchev–Trinajstić information content (AvgIpc) is 2.49. The van der Waals surface area contributed by atoms with Gasteiger partial charge in [0, 0.05) is 31.4 Å². The third-order valence-corrected chi connectivity index (χ3v) is 3.91. The summed E-state index contributed by atoms with van der Waals surface area (Å²) in [7, 11) is 0. The number of anilines is 2. The van der Waals surface area contributed by atoms with Crippen LogP contribution in [0.4, 0.5) is 16.2 Å². The van der Waals surface area contributed by atoms with E-state index in [0.717, 1.165) is 18.4 Å². The molecule has 1 aromatic rings.